The maximum Gasteiger partial charge on any atom is 0.292 e. The van der Waals surface area contributed by atoms with E-state index < -0.39 is 0 Å². The van der Waals surface area contributed by atoms with Crippen molar-refractivity contribution in [3.05, 3.63) is 65.6 Å². The summed E-state index contributed by atoms with van der Waals surface area (Å²) in [7, 11) is 0. The van der Waals surface area contributed by atoms with Gasteiger partial charge in [-0.05, 0) is 42.5 Å². The number of hydrogen-bond donors (Lipinski definition) is 1. The third kappa shape index (κ3) is 4.03. The maximum atomic E-state index is 12.0. The van der Waals surface area contributed by atoms with Gasteiger partial charge in [0.2, 0.25) is 0 Å². The predicted octanol–water partition coefficient (Wildman–Crippen LogP) is 3.30. The van der Waals surface area contributed by atoms with E-state index in [2.05, 4.69) is 31.4 Å². The number of carbonyl (C=O) groups is 1. The Kier molecular flexibility index (Phi) is 4.93. The zero-order chi connectivity index (χ0) is 18.6. The number of furan rings is 1. The van der Waals surface area contributed by atoms with Crippen molar-refractivity contribution in [2.45, 2.75) is 0 Å². The molecule has 1 amide bonds. The smallest absolute Gasteiger partial charge is 0.292 e. The van der Waals surface area contributed by atoms with Crippen LogP contribution in [0.2, 0.25) is 5.02 Å². The Balaban J connectivity index is 1.35. The summed E-state index contributed by atoms with van der Waals surface area (Å²) in [4.78, 5) is 16.4. The van der Waals surface area contributed by atoms with Gasteiger partial charge in [-0.3, -0.25) is 4.79 Å². The van der Waals surface area contributed by atoms with E-state index >= 15 is 0 Å². The van der Waals surface area contributed by atoms with E-state index in [1.807, 2.05) is 24.3 Å². The molecule has 1 aromatic carbocycles. The summed E-state index contributed by atoms with van der Waals surface area (Å²) in [5.41, 5.74) is 1.13. The molecule has 1 saturated heterocycles. The molecule has 4 rings (SSSR count). The lowest BCUT2D eigenvalue weighted by Gasteiger charge is -2.36. The molecule has 1 aliphatic rings. The Morgan fingerprint density at radius 2 is 1.81 bits per heavy atom. The number of halogens is 1. The van der Waals surface area contributed by atoms with Crippen LogP contribution in [-0.4, -0.2) is 42.3 Å². The predicted molar refractivity (Wildman–Crippen MR) is 105 cm³/mol. The third-order valence-corrected chi connectivity index (χ3v) is 4.65. The zero-order valence-corrected chi connectivity index (χ0v) is 15.3. The molecule has 1 N–H and O–H groups in total. The molecule has 7 nitrogen and oxygen atoms in total. The second-order valence-electron chi connectivity index (χ2n) is 6.16. The van der Waals surface area contributed by atoms with Gasteiger partial charge in [-0.15, -0.1) is 10.2 Å². The SMILES string of the molecule is O=C(Nc1ccc(N2CCN(c3cccc(Cl)c3)CC2)nn1)c1ccco1. The average molecular weight is 384 g/mol. The molecular weight excluding hydrogens is 366 g/mol. The number of benzene rings is 1. The van der Waals surface area contributed by atoms with Gasteiger partial charge in [0, 0.05) is 36.9 Å². The van der Waals surface area contributed by atoms with Crippen molar-refractivity contribution in [1.82, 2.24) is 10.2 Å². The van der Waals surface area contributed by atoms with Gasteiger partial charge in [0.1, 0.15) is 0 Å². The highest BCUT2D eigenvalue weighted by Gasteiger charge is 2.19. The molecule has 2 aromatic heterocycles. The monoisotopic (exact) mass is 383 g/mol. The first-order valence-corrected chi connectivity index (χ1v) is 9.01. The fraction of sp³-hybridized carbons (Fsp3) is 0.211. The first kappa shape index (κ1) is 17.4. The van der Waals surface area contributed by atoms with Crippen LogP contribution < -0.4 is 15.1 Å². The minimum atomic E-state index is -0.350. The van der Waals surface area contributed by atoms with Crippen molar-refractivity contribution in [3.8, 4) is 0 Å². The van der Waals surface area contributed by atoms with E-state index in [0.29, 0.717) is 5.82 Å². The highest BCUT2D eigenvalue weighted by Crippen LogP contribution is 2.22. The molecule has 0 aliphatic carbocycles. The number of aromatic nitrogens is 2. The Bertz CT molecular complexity index is 906. The molecular formula is C19H18ClN5O2. The molecule has 0 atom stereocenters. The van der Waals surface area contributed by atoms with Crippen LogP contribution in [0.5, 0.6) is 0 Å². The van der Waals surface area contributed by atoms with Crippen molar-refractivity contribution in [1.29, 1.82) is 0 Å². The number of carbonyl (C=O) groups excluding carboxylic acids is 1. The van der Waals surface area contributed by atoms with E-state index in [1.54, 1.807) is 18.2 Å². The molecule has 0 spiro atoms. The van der Waals surface area contributed by atoms with Gasteiger partial charge >= 0.3 is 0 Å². The molecule has 0 bridgehead atoms. The second kappa shape index (κ2) is 7.67. The summed E-state index contributed by atoms with van der Waals surface area (Å²) in [6.07, 6.45) is 1.45. The van der Waals surface area contributed by atoms with E-state index in [0.717, 1.165) is 42.7 Å². The number of nitrogens with one attached hydrogen (secondary N) is 1. The van der Waals surface area contributed by atoms with Crippen LogP contribution in [0.25, 0.3) is 0 Å². The largest absolute Gasteiger partial charge is 0.459 e. The van der Waals surface area contributed by atoms with Gasteiger partial charge in [-0.25, -0.2) is 0 Å². The Morgan fingerprint density at radius 1 is 1.00 bits per heavy atom. The molecule has 0 saturated carbocycles. The lowest BCUT2D eigenvalue weighted by Crippen LogP contribution is -2.46. The van der Waals surface area contributed by atoms with E-state index in [9.17, 15) is 4.79 Å². The Hall–Kier alpha value is -3.06. The summed E-state index contributed by atoms with van der Waals surface area (Å²) in [5.74, 6) is 1.06. The lowest BCUT2D eigenvalue weighted by molar-refractivity contribution is 0.0996. The van der Waals surface area contributed by atoms with Crippen LogP contribution in [0.4, 0.5) is 17.3 Å². The number of piperazine rings is 1. The second-order valence-corrected chi connectivity index (χ2v) is 6.60. The van der Waals surface area contributed by atoms with E-state index in [4.69, 9.17) is 16.0 Å². The molecule has 3 aromatic rings. The molecule has 1 aliphatic heterocycles. The van der Waals surface area contributed by atoms with Crippen LogP contribution in [0.1, 0.15) is 10.6 Å². The summed E-state index contributed by atoms with van der Waals surface area (Å²) < 4.78 is 5.06. The molecule has 1 fully saturated rings. The van der Waals surface area contributed by atoms with Crippen LogP contribution >= 0.6 is 11.6 Å². The lowest BCUT2D eigenvalue weighted by atomic mass is 10.2. The highest BCUT2D eigenvalue weighted by molar-refractivity contribution is 6.30. The van der Waals surface area contributed by atoms with Crippen LogP contribution in [0, 0.1) is 0 Å². The number of anilines is 3. The molecule has 138 valence electrons. The van der Waals surface area contributed by atoms with Crippen LogP contribution in [0.3, 0.4) is 0 Å². The standard InChI is InChI=1S/C19H18ClN5O2/c20-14-3-1-4-15(13-14)24-8-10-25(11-9-24)18-7-6-17(22-23-18)21-19(26)16-5-2-12-27-16/h1-7,12-13H,8-11H2,(H,21,22,26). The van der Waals surface area contributed by atoms with Crippen molar-refractivity contribution < 1.29 is 9.21 Å². The maximum absolute atomic E-state index is 12.0. The summed E-state index contributed by atoms with van der Waals surface area (Å²) in [5, 5.41) is 11.7. The summed E-state index contributed by atoms with van der Waals surface area (Å²) in [6.45, 7) is 3.41. The first-order valence-electron chi connectivity index (χ1n) is 8.63. The van der Waals surface area contributed by atoms with Crippen LogP contribution in [-0.2, 0) is 0 Å². The molecule has 3 heterocycles. The van der Waals surface area contributed by atoms with Crippen LogP contribution in [0.15, 0.2) is 59.2 Å². The average Bonchev–Trinajstić information content (AvgIpc) is 3.24. The topological polar surface area (TPSA) is 74.5 Å². The number of amides is 1. The first-order chi connectivity index (χ1) is 13.2. The van der Waals surface area contributed by atoms with Gasteiger partial charge in [0.05, 0.1) is 6.26 Å². The zero-order valence-electron chi connectivity index (χ0n) is 14.5. The Morgan fingerprint density at radius 3 is 2.48 bits per heavy atom. The minimum Gasteiger partial charge on any atom is -0.459 e. The van der Waals surface area contributed by atoms with Gasteiger partial charge < -0.3 is 19.5 Å². The van der Waals surface area contributed by atoms with E-state index in [-0.39, 0.29) is 11.7 Å². The van der Waals surface area contributed by atoms with Gasteiger partial charge in [0.25, 0.3) is 5.91 Å². The van der Waals surface area contributed by atoms with Crippen molar-refractivity contribution in [2.75, 3.05) is 41.3 Å². The summed E-state index contributed by atoms with van der Waals surface area (Å²) in [6, 6.07) is 14.7. The highest BCUT2D eigenvalue weighted by atomic mass is 35.5. The number of rotatable bonds is 4. The fourth-order valence-electron chi connectivity index (χ4n) is 3.01. The van der Waals surface area contributed by atoms with Crippen molar-refractivity contribution in [2.24, 2.45) is 0 Å². The summed E-state index contributed by atoms with van der Waals surface area (Å²) >= 11 is 6.08. The fourth-order valence-corrected chi connectivity index (χ4v) is 3.20. The molecule has 27 heavy (non-hydrogen) atoms. The number of hydrogen-bond acceptors (Lipinski definition) is 6. The van der Waals surface area contributed by atoms with Gasteiger partial charge in [-0.2, -0.15) is 0 Å². The third-order valence-electron chi connectivity index (χ3n) is 4.41. The van der Waals surface area contributed by atoms with E-state index in [1.165, 1.54) is 6.26 Å². The van der Waals surface area contributed by atoms with Crippen molar-refractivity contribution in [3.63, 3.8) is 0 Å². The molecule has 0 unspecified atom stereocenters. The van der Waals surface area contributed by atoms with Crippen molar-refractivity contribution >= 4 is 34.8 Å². The van der Waals surface area contributed by atoms with Gasteiger partial charge in [0.15, 0.2) is 17.4 Å². The molecule has 8 heteroatoms. The Labute approximate surface area is 161 Å². The number of nitrogens with zero attached hydrogens (tertiary/aromatic N) is 4. The normalized spacial score (nSPS) is 14.3. The van der Waals surface area contributed by atoms with Gasteiger partial charge in [-0.1, -0.05) is 17.7 Å². The molecule has 0 radical (unpaired) electrons. The minimum absolute atomic E-state index is 0.234. The quantitative estimate of drug-likeness (QED) is 0.745.